The van der Waals surface area contributed by atoms with Crippen molar-refractivity contribution in [3.63, 3.8) is 0 Å². The van der Waals surface area contributed by atoms with Crippen molar-refractivity contribution in [2.24, 2.45) is 5.92 Å². The van der Waals surface area contributed by atoms with Crippen molar-refractivity contribution in [2.45, 2.75) is 38.5 Å². The number of anilines is 1. The van der Waals surface area contributed by atoms with E-state index in [1.54, 1.807) is 18.0 Å². The minimum Gasteiger partial charge on any atom is -0.494 e. The summed E-state index contributed by atoms with van der Waals surface area (Å²) in [4.78, 5) is 9.05. The molecule has 1 aliphatic rings. The molecule has 1 saturated carbocycles. The van der Waals surface area contributed by atoms with Gasteiger partial charge in [0.1, 0.15) is 12.0 Å². The van der Waals surface area contributed by atoms with Gasteiger partial charge in [0.15, 0.2) is 11.2 Å². The highest BCUT2D eigenvalue weighted by atomic mass is 16.5. The zero-order valence-corrected chi connectivity index (χ0v) is 17.9. The van der Waals surface area contributed by atoms with Gasteiger partial charge in [0.2, 0.25) is 5.95 Å². The van der Waals surface area contributed by atoms with Crippen molar-refractivity contribution in [3.05, 3.63) is 30.5 Å². The van der Waals surface area contributed by atoms with Gasteiger partial charge in [0.25, 0.3) is 0 Å². The molecule has 3 N–H and O–H groups in total. The Hall–Kier alpha value is -2.82. The Morgan fingerprint density at radius 2 is 2.10 bits per heavy atom. The number of nitrogens with zero attached hydrogens (tertiary/aromatic N) is 5. The highest BCUT2D eigenvalue weighted by Crippen LogP contribution is 2.29. The quantitative estimate of drug-likeness (QED) is 0.328. The van der Waals surface area contributed by atoms with Crippen LogP contribution in [0.15, 0.2) is 30.5 Å². The largest absolute Gasteiger partial charge is 0.494 e. The average molecular weight is 428 g/mol. The molecule has 3 atom stereocenters. The topological polar surface area (TPSA) is 119 Å². The highest BCUT2D eigenvalue weighted by molar-refractivity contribution is 5.72. The van der Waals surface area contributed by atoms with Gasteiger partial charge in [0, 0.05) is 25.6 Å². The molecule has 0 saturated heterocycles. The molecule has 10 heteroatoms. The Kier molecular flexibility index (Phi) is 6.90. The molecule has 3 aromatic rings. The minimum absolute atomic E-state index is 0.189. The standard InChI is InChI=1S/C21H29N7O3/c1-3-31-17-8-6-16(7-9-17)28-19-18(26-27-28)13-23-21(25-19)24-15-5-4-14(12-15)20(29)22-10-11-30-2/h6-9,13-15,20,22,29H,3-5,10-12H2,1-2H3,(H,23,24,25)/t14-,15-,20?/m1/s1. The van der Waals surface area contributed by atoms with Gasteiger partial charge in [-0.1, -0.05) is 5.21 Å². The van der Waals surface area contributed by atoms with E-state index in [1.807, 2.05) is 31.2 Å². The van der Waals surface area contributed by atoms with Crippen LogP contribution in [-0.4, -0.2) is 69.2 Å². The Bertz CT molecular complexity index is 979. The van der Waals surface area contributed by atoms with Crippen LogP contribution in [0.3, 0.4) is 0 Å². The van der Waals surface area contributed by atoms with E-state index in [1.165, 1.54) is 0 Å². The number of aromatic nitrogens is 5. The van der Waals surface area contributed by atoms with E-state index in [2.05, 4.69) is 30.9 Å². The summed E-state index contributed by atoms with van der Waals surface area (Å²) < 4.78 is 12.2. The van der Waals surface area contributed by atoms with Crippen LogP contribution in [0, 0.1) is 5.92 Å². The van der Waals surface area contributed by atoms with E-state index in [4.69, 9.17) is 9.47 Å². The van der Waals surface area contributed by atoms with E-state index >= 15 is 0 Å². The van der Waals surface area contributed by atoms with E-state index in [-0.39, 0.29) is 12.0 Å². The van der Waals surface area contributed by atoms with Gasteiger partial charge in [-0.05, 0) is 50.5 Å². The maximum Gasteiger partial charge on any atom is 0.225 e. The Balaban J connectivity index is 1.43. The van der Waals surface area contributed by atoms with Crippen molar-refractivity contribution < 1.29 is 14.6 Å². The van der Waals surface area contributed by atoms with Crippen LogP contribution in [0.25, 0.3) is 16.9 Å². The first-order valence-corrected chi connectivity index (χ1v) is 10.7. The molecule has 2 heterocycles. The van der Waals surface area contributed by atoms with Gasteiger partial charge in [-0.2, -0.15) is 9.67 Å². The number of hydrogen-bond donors (Lipinski definition) is 3. The SMILES string of the molecule is CCOc1ccc(-n2nnc3cnc(N[C@@H]4CC[C@@H](C(O)NCCOC)C4)nc32)cc1. The summed E-state index contributed by atoms with van der Waals surface area (Å²) >= 11 is 0. The van der Waals surface area contributed by atoms with Crippen molar-refractivity contribution in [3.8, 4) is 11.4 Å². The number of ether oxygens (including phenoxy) is 2. The monoisotopic (exact) mass is 427 g/mol. The fourth-order valence-corrected chi connectivity index (χ4v) is 3.91. The molecule has 1 aromatic carbocycles. The first kappa shape index (κ1) is 21.4. The highest BCUT2D eigenvalue weighted by Gasteiger charge is 2.30. The number of methoxy groups -OCH3 is 1. The average Bonchev–Trinajstić information content (AvgIpc) is 3.42. The van der Waals surface area contributed by atoms with Crippen LogP contribution in [0.1, 0.15) is 26.2 Å². The number of rotatable bonds is 10. The number of aliphatic hydroxyl groups is 1. The van der Waals surface area contributed by atoms with E-state index in [0.29, 0.717) is 36.9 Å². The predicted molar refractivity (Wildman–Crippen MR) is 116 cm³/mol. The second kappa shape index (κ2) is 9.99. The van der Waals surface area contributed by atoms with Crippen LogP contribution in [-0.2, 0) is 4.74 Å². The van der Waals surface area contributed by atoms with Crippen LogP contribution in [0.5, 0.6) is 5.75 Å². The van der Waals surface area contributed by atoms with Crippen molar-refractivity contribution in [2.75, 3.05) is 32.2 Å². The number of fused-ring (bicyclic) bond motifs is 1. The van der Waals surface area contributed by atoms with Gasteiger partial charge in [-0.25, -0.2) is 4.98 Å². The molecule has 166 valence electrons. The van der Waals surface area contributed by atoms with Crippen LogP contribution >= 0.6 is 0 Å². The first-order chi connectivity index (χ1) is 15.2. The van der Waals surface area contributed by atoms with Crippen LogP contribution < -0.4 is 15.4 Å². The molecular formula is C21H29N7O3. The van der Waals surface area contributed by atoms with E-state index < -0.39 is 6.23 Å². The Labute approximate surface area is 181 Å². The molecule has 1 unspecified atom stereocenters. The molecule has 0 radical (unpaired) electrons. The number of hydrogen-bond acceptors (Lipinski definition) is 9. The molecule has 4 rings (SSSR count). The second-order valence-electron chi connectivity index (χ2n) is 7.64. The molecule has 1 fully saturated rings. The molecular weight excluding hydrogens is 398 g/mol. The summed E-state index contributed by atoms with van der Waals surface area (Å²) in [5.41, 5.74) is 2.11. The van der Waals surface area contributed by atoms with Gasteiger partial charge in [-0.3, -0.25) is 5.32 Å². The molecule has 0 bridgehead atoms. The fourth-order valence-electron chi connectivity index (χ4n) is 3.91. The lowest BCUT2D eigenvalue weighted by Gasteiger charge is -2.19. The third kappa shape index (κ3) is 5.09. The predicted octanol–water partition coefficient (Wildman–Crippen LogP) is 1.74. The van der Waals surface area contributed by atoms with Crippen molar-refractivity contribution >= 4 is 17.1 Å². The number of nitrogens with one attached hydrogen (secondary N) is 2. The lowest BCUT2D eigenvalue weighted by atomic mass is 10.1. The summed E-state index contributed by atoms with van der Waals surface area (Å²) in [5.74, 6) is 1.53. The smallest absolute Gasteiger partial charge is 0.225 e. The van der Waals surface area contributed by atoms with Gasteiger partial charge < -0.3 is 19.9 Å². The summed E-state index contributed by atoms with van der Waals surface area (Å²) in [6.07, 6.45) is 3.88. The van der Waals surface area contributed by atoms with E-state index in [9.17, 15) is 5.11 Å². The van der Waals surface area contributed by atoms with E-state index in [0.717, 1.165) is 30.7 Å². The Morgan fingerprint density at radius 1 is 1.26 bits per heavy atom. The third-order valence-electron chi connectivity index (χ3n) is 5.50. The Morgan fingerprint density at radius 3 is 2.87 bits per heavy atom. The van der Waals surface area contributed by atoms with Gasteiger partial charge >= 0.3 is 0 Å². The second-order valence-corrected chi connectivity index (χ2v) is 7.64. The molecule has 31 heavy (non-hydrogen) atoms. The zero-order valence-electron chi connectivity index (χ0n) is 17.9. The van der Waals surface area contributed by atoms with Crippen molar-refractivity contribution in [1.29, 1.82) is 0 Å². The normalized spacial score (nSPS) is 19.6. The van der Waals surface area contributed by atoms with Gasteiger partial charge in [-0.15, -0.1) is 5.10 Å². The lowest BCUT2D eigenvalue weighted by molar-refractivity contribution is 0.0677. The number of benzene rings is 1. The summed E-state index contributed by atoms with van der Waals surface area (Å²) in [5, 5.41) is 25.3. The minimum atomic E-state index is -0.532. The van der Waals surface area contributed by atoms with Gasteiger partial charge in [0.05, 0.1) is 25.1 Å². The van der Waals surface area contributed by atoms with Crippen molar-refractivity contribution in [1.82, 2.24) is 30.3 Å². The van der Waals surface area contributed by atoms with Crippen LogP contribution in [0.2, 0.25) is 0 Å². The number of aliphatic hydroxyl groups excluding tert-OH is 1. The first-order valence-electron chi connectivity index (χ1n) is 10.7. The molecule has 0 aliphatic heterocycles. The fraction of sp³-hybridized carbons (Fsp3) is 0.524. The third-order valence-corrected chi connectivity index (χ3v) is 5.50. The summed E-state index contributed by atoms with van der Waals surface area (Å²) in [7, 11) is 1.65. The zero-order chi connectivity index (χ0) is 21.6. The summed E-state index contributed by atoms with van der Waals surface area (Å²) in [6, 6.07) is 7.85. The molecule has 10 nitrogen and oxygen atoms in total. The lowest BCUT2D eigenvalue weighted by Crippen LogP contribution is -2.37. The maximum absolute atomic E-state index is 10.3. The molecule has 2 aromatic heterocycles. The molecule has 1 aliphatic carbocycles. The maximum atomic E-state index is 10.3. The molecule has 0 spiro atoms. The molecule has 0 amide bonds. The summed E-state index contributed by atoms with van der Waals surface area (Å²) in [6.45, 7) is 3.79. The van der Waals surface area contributed by atoms with Crippen LogP contribution in [0.4, 0.5) is 5.95 Å².